The predicted octanol–water partition coefficient (Wildman–Crippen LogP) is 3.16. The molecule has 0 radical (unpaired) electrons. The van der Waals surface area contributed by atoms with E-state index in [4.69, 9.17) is 19.7 Å². The van der Waals surface area contributed by atoms with Crippen LogP contribution in [-0.4, -0.2) is 57.3 Å². The molecule has 3 aromatic rings. The summed E-state index contributed by atoms with van der Waals surface area (Å²) in [6, 6.07) is 11.2. The van der Waals surface area contributed by atoms with Gasteiger partial charge in [-0.3, -0.25) is 4.90 Å². The zero-order chi connectivity index (χ0) is 25.6. The van der Waals surface area contributed by atoms with Crippen LogP contribution in [0.3, 0.4) is 0 Å². The topological polar surface area (TPSA) is 134 Å². The van der Waals surface area contributed by atoms with Crippen LogP contribution < -0.4 is 10.5 Å². The summed E-state index contributed by atoms with van der Waals surface area (Å²) in [7, 11) is 0. The van der Waals surface area contributed by atoms with Crippen LogP contribution in [0.5, 0.6) is 5.75 Å². The minimum absolute atomic E-state index is 0.0305. The van der Waals surface area contributed by atoms with Crippen molar-refractivity contribution >= 4 is 0 Å². The molecule has 1 saturated heterocycles. The van der Waals surface area contributed by atoms with Gasteiger partial charge in [-0.1, -0.05) is 17.3 Å². The van der Waals surface area contributed by atoms with Gasteiger partial charge in [0, 0.05) is 24.2 Å². The number of ether oxygens (including phenoxy) is 2. The lowest BCUT2D eigenvalue weighted by Gasteiger charge is -2.29. The minimum atomic E-state index is -0.598. The van der Waals surface area contributed by atoms with Gasteiger partial charge in [-0.2, -0.15) is 10.2 Å². The van der Waals surface area contributed by atoms with Gasteiger partial charge in [0.05, 0.1) is 23.8 Å². The molecular weight excluding hydrogens is 458 g/mol. The summed E-state index contributed by atoms with van der Waals surface area (Å²) in [6.07, 6.45) is 0.0749. The fourth-order valence-electron chi connectivity index (χ4n) is 4.84. The van der Waals surface area contributed by atoms with Gasteiger partial charge in [0.15, 0.2) is 0 Å². The van der Waals surface area contributed by atoms with Crippen molar-refractivity contribution in [1.82, 2.24) is 15.0 Å². The molecule has 4 atom stereocenters. The number of aliphatic hydroxyl groups excluding tert-OH is 1. The fraction of sp³-hybridized carbons (Fsp3) is 0.444. The van der Waals surface area contributed by atoms with Gasteiger partial charge in [-0.05, 0) is 69.0 Å². The van der Waals surface area contributed by atoms with E-state index >= 15 is 0 Å². The van der Waals surface area contributed by atoms with Gasteiger partial charge in [-0.25, -0.2) is 0 Å². The van der Waals surface area contributed by atoms with E-state index in [1.54, 1.807) is 19.1 Å². The van der Waals surface area contributed by atoms with Gasteiger partial charge in [0.2, 0.25) is 5.82 Å². The monoisotopic (exact) mass is 489 g/mol. The number of fused-ring (bicyclic) bond motifs is 1. The third kappa shape index (κ3) is 4.61. The van der Waals surface area contributed by atoms with Crippen LogP contribution in [0.4, 0.5) is 0 Å². The number of rotatable bonds is 7. The highest BCUT2D eigenvalue weighted by Gasteiger charge is 2.49. The summed E-state index contributed by atoms with van der Waals surface area (Å²) in [5.74, 6) is 1.40. The Kier molecular flexibility index (Phi) is 6.53. The van der Waals surface area contributed by atoms with E-state index in [-0.39, 0.29) is 24.5 Å². The molecule has 0 amide bonds. The van der Waals surface area contributed by atoms with Crippen molar-refractivity contribution in [3.05, 3.63) is 52.6 Å². The molecule has 188 valence electrons. The molecule has 2 aliphatic rings. The summed E-state index contributed by atoms with van der Waals surface area (Å²) in [4.78, 5) is 6.91. The molecule has 3 N–H and O–H groups in total. The lowest BCUT2D eigenvalue weighted by molar-refractivity contribution is 0.144. The molecule has 0 aliphatic carbocycles. The van der Waals surface area contributed by atoms with E-state index in [9.17, 15) is 10.4 Å². The molecule has 3 heterocycles. The lowest BCUT2D eigenvalue weighted by Crippen LogP contribution is -2.42. The first-order chi connectivity index (χ1) is 17.3. The number of aliphatic hydroxyl groups is 1. The van der Waals surface area contributed by atoms with Crippen LogP contribution >= 0.6 is 0 Å². The average Bonchev–Trinajstić information content (AvgIpc) is 3.51. The van der Waals surface area contributed by atoms with E-state index in [2.05, 4.69) is 34.1 Å². The molecule has 0 bridgehead atoms. The molecule has 9 heteroatoms. The molecule has 1 aromatic heterocycles. The fourth-order valence-corrected chi connectivity index (χ4v) is 4.84. The molecule has 1 fully saturated rings. The SMILES string of the molecule is Cc1c(-c2noc(-c3ccc(OC(C)C)c(C#N)c3)n2)ccc2c1CCN(C1OC1C(N)C(C)O)C2. The van der Waals surface area contributed by atoms with Crippen molar-refractivity contribution in [2.45, 2.75) is 71.2 Å². The second-order valence-electron chi connectivity index (χ2n) is 9.82. The first kappa shape index (κ1) is 24.4. The van der Waals surface area contributed by atoms with E-state index < -0.39 is 6.10 Å². The molecule has 9 nitrogen and oxygen atoms in total. The van der Waals surface area contributed by atoms with Gasteiger partial charge in [0.25, 0.3) is 5.89 Å². The Morgan fingerprint density at radius 3 is 2.78 bits per heavy atom. The maximum Gasteiger partial charge on any atom is 0.258 e. The Labute approximate surface area is 210 Å². The molecule has 2 aromatic carbocycles. The zero-order valence-electron chi connectivity index (χ0n) is 20.9. The first-order valence-corrected chi connectivity index (χ1v) is 12.3. The van der Waals surface area contributed by atoms with Crippen LogP contribution in [0.1, 0.15) is 43.0 Å². The maximum absolute atomic E-state index is 9.76. The van der Waals surface area contributed by atoms with Crippen molar-refractivity contribution in [3.8, 4) is 34.7 Å². The number of nitriles is 1. The predicted molar refractivity (Wildman–Crippen MR) is 133 cm³/mol. The van der Waals surface area contributed by atoms with E-state index in [0.717, 1.165) is 30.6 Å². The summed E-state index contributed by atoms with van der Waals surface area (Å²) in [5, 5.41) is 23.5. The van der Waals surface area contributed by atoms with Crippen LogP contribution in [0.15, 0.2) is 34.9 Å². The molecule has 0 spiro atoms. The number of hydrogen-bond acceptors (Lipinski definition) is 9. The Hall–Kier alpha value is -3.29. The van der Waals surface area contributed by atoms with Crippen LogP contribution in [0.2, 0.25) is 0 Å². The summed E-state index contributed by atoms with van der Waals surface area (Å²) < 4.78 is 17.1. The van der Waals surface area contributed by atoms with E-state index in [0.29, 0.717) is 28.6 Å². The van der Waals surface area contributed by atoms with Crippen molar-refractivity contribution in [1.29, 1.82) is 5.26 Å². The molecule has 4 unspecified atom stereocenters. The first-order valence-electron chi connectivity index (χ1n) is 12.3. The number of epoxide rings is 1. The Bertz CT molecular complexity index is 1310. The Morgan fingerprint density at radius 1 is 1.25 bits per heavy atom. The largest absolute Gasteiger partial charge is 0.490 e. The van der Waals surface area contributed by atoms with Crippen LogP contribution in [0.25, 0.3) is 22.8 Å². The second kappa shape index (κ2) is 9.64. The van der Waals surface area contributed by atoms with Gasteiger partial charge in [-0.15, -0.1) is 0 Å². The number of hydrogen-bond donors (Lipinski definition) is 2. The molecule has 5 rings (SSSR count). The minimum Gasteiger partial charge on any atom is -0.490 e. The number of benzene rings is 2. The van der Waals surface area contributed by atoms with Gasteiger partial charge >= 0.3 is 0 Å². The van der Waals surface area contributed by atoms with Crippen molar-refractivity contribution in [2.24, 2.45) is 5.73 Å². The highest BCUT2D eigenvalue weighted by Crippen LogP contribution is 2.36. The van der Waals surface area contributed by atoms with E-state index in [1.165, 1.54) is 11.1 Å². The number of nitrogens with two attached hydrogens (primary N) is 1. The second-order valence-corrected chi connectivity index (χ2v) is 9.82. The summed E-state index contributed by atoms with van der Waals surface area (Å²) >= 11 is 0. The zero-order valence-corrected chi connectivity index (χ0v) is 20.9. The Morgan fingerprint density at radius 2 is 2.06 bits per heavy atom. The molecule has 36 heavy (non-hydrogen) atoms. The van der Waals surface area contributed by atoms with Crippen LogP contribution in [0, 0.1) is 18.3 Å². The third-order valence-corrected chi connectivity index (χ3v) is 6.89. The van der Waals surface area contributed by atoms with Crippen molar-refractivity contribution < 1.29 is 19.1 Å². The Balaban J connectivity index is 1.34. The lowest BCUT2D eigenvalue weighted by atomic mass is 9.91. The molecular formula is C27H31N5O4. The molecule has 0 saturated carbocycles. The average molecular weight is 490 g/mol. The number of nitrogens with zero attached hydrogens (tertiary/aromatic N) is 4. The summed E-state index contributed by atoms with van der Waals surface area (Å²) in [5.41, 5.74) is 11.7. The standard InChI is InChI=1S/C27H31N5O4/c1-14(2)34-22-8-6-17(11-19(22)12-28)26-30-25(31-36-26)21-7-5-18-13-32(10-9-20(18)15(21)3)27-24(35-27)23(29)16(4)33/h5-8,11,14,16,23-24,27,33H,9-10,13,29H2,1-4H3. The maximum atomic E-state index is 9.76. The van der Waals surface area contributed by atoms with Gasteiger partial charge in [0.1, 0.15) is 24.2 Å². The normalized spacial score (nSPS) is 21.1. The molecule has 2 aliphatic heterocycles. The van der Waals surface area contributed by atoms with Crippen molar-refractivity contribution in [3.63, 3.8) is 0 Å². The van der Waals surface area contributed by atoms with Crippen LogP contribution in [-0.2, 0) is 17.7 Å². The smallest absolute Gasteiger partial charge is 0.258 e. The van der Waals surface area contributed by atoms with Gasteiger partial charge < -0.3 is 24.8 Å². The quantitative estimate of drug-likeness (QED) is 0.480. The van der Waals surface area contributed by atoms with Crippen molar-refractivity contribution in [2.75, 3.05) is 6.54 Å². The van der Waals surface area contributed by atoms with E-state index in [1.807, 2.05) is 26.0 Å². The third-order valence-electron chi connectivity index (χ3n) is 6.89. The highest BCUT2D eigenvalue weighted by atomic mass is 16.6. The highest BCUT2D eigenvalue weighted by molar-refractivity contribution is 5.67. The summed E-state index contributed by atoms with van der Waals surface area (Å²) in [6.45, 7) is 9.24. The number of aromatic nitrogens is 2.